The summed E-state index contributed by atoms with van der Waals surface area (Å²) in [6.07, 6.45) is 0. The summed E-state index contributed by atoms with van der Waals surface area (Å²) in [6.45, 7) is 6.66. The van der Waals surface area contributed by atoms with Crippen LogP contribution in [0, 0.1) is 11.3 Å². The summed E-state index contributed by atoms with van der Waals surface area (Å²) in [5, 5.41) is 14.2. The van der Waals surface area contributed by atoms with E-state index in [1.54, 1.807) is 4.68 Å². The smallest absolute Gasteiger partial charge is 0.145 e. The molecule has 4 heteroatoms. The maximum Gasteiger partial charge on any atom is 0.145 e. The van der Waals surface area contributed by atoms with Crippen molar-refractivity contribution in [3.05, 3.63) is 52.3 Å². The van der Waals surface area contributed by atoms with Crippen LogP contribution in [0.1, 0.15) is 37.6 Å². The number of halogens is 1. The lowest BCUT2D eigenvalue weighted by Crippen LogP contribution is -2.14. The van der Waals surface area contributed by atoms with E-state index in [4.69, 9.17) is 11.6 Å². The van der Waals surface area contributed by atoms with E-state index in [-0.39, 0.29) is 5.41 Å². The summed E-state index contributed by atoms with van der Waals surface area (Å²) in [4.78, 5) is 0. The summed E-state index contributed by atoms with van der Waals surface area (Å²) < 4.78 is 1.69. The first-order chi connectivity index (χ1) is 8.93. The first-order valence-corrected chi connectivity index (χ1v) is 6.52. The van der Waals surface area contributed by atoms with Crippen molar-refractivity contribution in [1.29, 1.82) is 5.26 Å². The van der Waals surface area contributed by atoms with Crippen molar-refractivity contribution in [3.8, 4) is 6.07 Å². The van der Waals surface area contributed by atoms with Gasteiger partial charge < -0.3 is 0 Å². The van der Waals surface area contributed by atoms with Gasteiger partial charge >= 0.3 is 0 Å². The number of hydrogen-bond acceptors (Lipinski definition) is 2. The Balaban J connectivity index is 2.44. The van der Waals surface area contributed by atoms with Crippen molar-refractivity contribution in [2.24, 2.45) is 0 Å². The maximum atomic E-state index is 9.25. The first kappa shape index (κ1) is 13.6. The molecule has 0 aliphatic rings. The summed E-state index contributed by atoms with van der Waals surface area (Å²) in [5.74, 6) is 0. The molecule has 0 saturated heterocycles. The van der Waals surface area contributed by atoms with Crippen LogP contribution >= 0.6 is 11.6 Å². The zero-order chi connectivity index (χ0) is 14.0. The molecule has 0 aliphatic heterocycles. The van der Waals surface area contributed by atoms with Gasteiger partial charge in [-0.2, -0.15) is 10.4 Å². The fourth-order valence-electron chi connectivity index (χ4n) is 1.93. The van der Waals surface area contributed by atoms with Gasteiger partial charge in [-0.1, -0.05) is 62.7 Å². The average Bonchev–Trinajstić information content (AvgIpc) is 2.67. The van der Waals surface area contributed by atoms with Gasteiger partial charge in [-0.15, -0.1) is 0 Å². The number of hydrogen-bond donors (Lipinski definition) is 0. The van der Waals surface area contributed by atoms with E-state index in [1.807, 2.05) is 51.1 Å². The molecule has 0 atom stereocenters. The molecule has 1 aromatic heterocycles. The molecule has 0 spiro atoms. The lowest BCUT2D eigenvalue weighted by molar-refractivity contribution is 0.544. The van der Waals surface area contributed by atoms with E-state index in [1.165, 1.54) is 0 Å². The van der Waals surface area contributed by atoms with Gasteiger partial charge in [0.15, 0.2) is 0 Å². The second kappa shape index (κ2) is 5.07. The zero-order valence-corrected chi connectivity index (χ0v) is 12.1. The van der Waals surface area contributed by atoms with Gasteiger partial charge in [-0.3, -0.25) is 0 Å². The molecule has 1 aromatic carbocycles. The van der Waals surface area contributed by atoms with Crippen LogP contribution in [0.4, 0.5) is 0 Å². The SMILES string of the molecule is CC(C)(C)c1nn(Cc2ccccc2)c(Cl)c1C#N. The molecule has 0 aliphatic carbocycles. The minimum Gasteiger partial charge on any atom is -0.248 e. The molecule has 0 saturated carbocycles. The molecule has 0 fully saturated rings. The predicted molar refractivity (Wildman–Crippen MR) is 76.2 cm³/mol. The van der Waals surface area contributed by atoms with E-state index in [0.29, 0.717) is 17.3 Å². The van der Waals surface area contributed by atoms with Gasteiger partial charge in [0.2, 0.25) is 0 Å². The summed E-state index contributed by atoms with van der Waals surface area (Å²) >= 11 is 6.26. The minimum atomic E-state index is -0.198. The normalized spacial score (nSPS) is 11.3. The Morgan fingerprint density at radius 3 is 2.37 bits per heavy atom. The van der Waals surface area contributed by atoms with Crippen LogP contribution in [-0.4, -0.2) is 9.78 Å². The summed E-state index contributed by atoms with van der Waals surface area (Å²) in [6, 6.07) is 12.1. The zero-order valence-electron chi connectivity index (χ0n) is 11.3. The Labute approximate surface area is 118 Å². The molecule has 2 aromatic rings. The van der Waals surface area contributed by atoms with E-state index in [9.17, 15) is 5.26 Å². The Bertz CT molecular complexity index is 615. The largest absolute Gasteiger partial charge is 0.248 e. The molecule has 3 nitrogen and oxygen atoms in total. The van der Waals surface area contributed by atoms with E-state index in [2.05, 4.69) is 11.2 Å². The van der Waals surface area contributed by atoms with Gasteiger partial charge in [0.25, 0.3) is 0 Å². The Morgan fingerprint density at radius 2 is 1.89 bits per heavy atom. The fraction of sp³-hybridized carbons (Fsp3) is 0.333. The highest BCUT2D eigenvalue weighted by atomic mass is 35.5. The molecule has 0 amide bonds. The first-order valence-electron chi connectivity index (χ1n) is 6.14. The lowest BCUT2D eigenvalue weighted by Gasteiger charge is -2.15. The van der Waals surface area contributed by atoms with E-state index < -0.39 is 0 Å². The summed E-state index contributed by atoms with van der Waals surface area (Å²) in [5.41, 5.74) is 2.13. The quantitative estimate of drug-likeness (QED) is 0.836. The average molecular weight is 274 g/mol. The van der Waals surface area contributed by atoms with Crippen LogP contribution in [-0.2, 0) is 12.0 Å². The lowest BCUT2D eigenvalue weighted by atomic mass is 9.90. The monoisotopic (exact) mass is 273 g/mol. The number of nitrogens with zero attached hydrogens (tertiary/aromatic N) is 3. The van der Waals surface area contributed by atoms with Crippen molar-refractivity contribution < 1.29 is 0 Å². The Morgan fingerprint density at radius 1 is 1.26 bits per heavy atom. The Kier molecular flexibility index (Phi) is 3.64. The molecule has 0 bridgehead atoms. The molecular formula is C15H16ClN3. The molecule has 98 valence electrons. The van der Waals surface area contributed by atoms with Crippen molar-refractivity contribution in [2.75, 3.05) is 0 Å². The molecule has 2 rings (SSSR count). The van der Waals surface area contributed by atoms with Gasteiger partial charge in [0, 0.05) is 5.41 Å². The fourth-order valence-corrected chi connectivity index (χ4v) is 2.16. The highest BCUT2D eigenvalue weighted by Gasteiger charge is 2.26. The molecule has 19 heavy (non-hydrogen) atoms. The van der Waals surface area contributed by atoms with Crippen molar-refractivity contribution in [3.63, 3.8) is 0 Å². The number of benzene rings is 1. The van der Waals surface area contributed by atoms with Crippen molar-refractivity contribution >= 4 is 11.6 Å². The predicted octanol–water partition coefficient (Wildman–Crippen LogP) is 3.75. The third-order valence-electron chi connectivity index (χ3n) is 2.89. The second-order valence-electron chi connectivity index (χ2n) is 5.52. The summed E-state index contributed by atoms with van der Waals surface area (Å²) in [7, 11) is 0. The molecule has 0 unspecified atom stereocenters. The van der Waals surface area contributed by atoms with Crippen molar-refractivity contribution in [2.45, 2.75) is 32.7 Å². The van der Waals surface area contributed by atoms with Gasteiger partial charge in [0.05, 0.1) is 12.2 Å². The third kappa shape index (κ3) is 2.80. The highest BCUT2D eigenvalue weighted by Crippen LogP contribution is 2.29. The van der Waals surface area contributed by atoms with E-state index in [0.717, 1.165) is 11.3 Å². The van der Waals surface area contributed by atoms with Crippen LogP contribution in [0.25, 0.3) is 0 Å². The third-order valence-corrected chi connectivity index (χ3v) is 3.27. The van der Waals surface area contributed by atoms with Crippen LogP contribution in [0.15, 0.2) is 30.3 Å². The second-order valence-corrected chi connectivity index (χ2v) is 5.88. The van der Waals surface area contributed by atoms with Crippen LogP contribution < -0.4 is 0 Å². The molecule has 1 heterocycles. The Hall–Kier alpha value is -1.79. The van der Waals surface area contributed by atoms with Gasteiger partial charge in [-0.25, -0.2) is 4.68 Å². The van der Waals surface area contributed by atoms with Gasteiger partial charge in [-0.05, 0) is 5.56 Å². The highest BCUT2D eigenvalue weighted by molar-refractivity contribution is 6.30. The van der Waals surface area contributed by atoms with Crippen LogP contribution in [0.3, 0.4) is 0 Å². The number of nitriles is 1. The van der Waals surface area contributed by atoms with Crippen LogP contribution in [0.5, 0.6) is 0 Å². The molecule has 0 N–H and O–H groups in total. The minimum absolute atomic E-state index is 0.198. The molecular weight excluding hydrogens is 258 g/mol. The van der Waals surface area contributed by atoms with Crippen LogP contribution in [0.2, 0.25) is 5.15 Å². The number of aromatic nitrogens is 2. The number of rotatable bonds is 2. The maximum absolute atomic E-state index is 9.25. The topological polar surface area (TPSA) is 41.6 Å². The van der Waals surface area contributed by atoms with Gasteiger partial charge in [0.1, 0.15) is 16.8 Å². The molecule has 0 radical (unpaired) electrons. The van der Waals surface area contributed by atoms with Crippen molar-refractivity contribution in [1.82, 2.24) is 9.78 Å². The van der Waals surface area contributed by atoms with E-state index >= 15 is 0 Å². The standard InChI is InChI=1S/C15H16ClN3/c1-15(2,3)13-12(9-17)14(16)19(18-13)10-11-7-5-4-6-8-11/h4-8H,10H2,1-3H3.